The van der Waals surface area contributed by atoms with Gasteiger partial charge in [0.15, 0.2) is 11.5 Å². The average molecular weight is 281 g/mol. The Morgan fingerprint density at radius 3 is 2.61 bits per heavy atom. The van der Waals surface area contributed by atoms with E-state index in [1.807, 2.05) is 30.7 Å². The lowest BCUT2D eigenvalue weighted by Crippen LogP contribution is -1.94. The SMILES string of the molecule is CSc1ccc(-c2cc(C(=O)O)no2)c(SC)c1. The van der Waals surface area contributed by atoms with Gasteiger partial charge in [-0.05, 0) is 30.7 Å². The number of hydrogen-bond donors (Lipinski definition) is 1. The van der Waals surface area contributed by atoms with Gasteiger partial charge in [0.2, 0.25) is 0 Å². The van der Waals surface area contributed by atoms with Crippen molar-refractivity contribution in [3.8, 4) is 11.3 Å². The zero-order valence-electron chi connectivity index (χ0n) is 9.84. The number of hydrogen-bond acceptors (Lipinski definition) is 5. The first-order valence-electron chi connectivity index (χ1n) is 5.08. The second-order valence-electron chi connectivity index (χ2n) is 3.45. The van der Waals surface area contributed by atoms with Gasteiger partial charge in [-0.2, -0.15) is 0 Å². The third-order valence-electron chi connectivity index (χ3n) is 2.40. The zero-order valence-corrected chi connectivity index (χ0v) is 11.5. The van der Waals surface area contributed by atoms with Crippen molar-refractivity contribution in [3.05, 3.63) is 30.0 Å². The molecule has 18 heavy (non-hydrogen) atoms. The second-order valence-corrected chi connectivity index (χ2v) is 5.18. The Morgan fingerprint density at radius 1 is 1.28 bits per heavy atom. The number of aromatic nitrogens is 1. The van der Waals surface area contributed by atoms with Gasteiger partial charge in [-0.1, -0.05) is 5.16 Å². The van der Waals surface area contributed by atoms with Crippen molar-refractivity contribution in [1.82, 2.24) is 5.16 Å². The molecule has 0 spiro atoms. The summed E-state index contributed by atoms with van der Waals surface area (Å²) in [6.07, 6.45) is 3.98. The molecule has 0 bridgehead atoms. The van der Waals surface area contributed by atoms with E-state index in [0.717, 1.165) is 15.4 Å². The van der Waals surface area contributed by atoms with Crippen LogP contribution in [0.5, 0.6) is 0 Å². The summed E-state index contributed by atoms with van der Waals surface area (Å²) in [6.45, 7) is 0. The summed E-state index contributed by atoms with van der Waals surface area (Å²) in [7, 11) is 0. The number of rotatable bonds is 4. The first-order chi connectivity index (χ1) is 8.65. The standard InChI is InChI=1S/C12H11NO3S2/c1-17-7-3-4-8(11(5-7)18-2)10-6-9(12(14)15)13-16-10/h3-6H,1-2H3,(H,14,15). The Labute approximate surface area is 113 Å². The molecule has 2 rings (SSSR count). The van der Waals surface area contributed by atoms with Gasteiger partial charge in [0.25, 0.3) is 0 Å². The molecule has 0 atom stereocenters. The van der Waals surface area contributed by atoms with Gasteiger partial charge in [-0.3, -0.25) is 0 Å². The third kappa shape index (κ3) is 2.54. The topological polar surface area (TPSA) is 63.3 Å². The van der Waals surface area contributed by atoms with E-state index >= 15 is 0 Å². The van der Waals surface area contributed by atoms with Crippen molar-refractivity contribution in [3.63, 3.8) is 0 Å². The van der Waals surface area contributed by atoms with E-state index in [1.54, 1.807) is 23.5 Å². The van der Waals surface area contributed by atoms with Crippen LogP contribution in [0.25, 0.3) is 11.3 Å². The van der Waals surface area contributed by atoms with E-state index in [2.05, 4.69) is 5.16 Å². The molecule has 0 amide bonds. The fraction of sp³-hybridized carbons (Fsp3) is 0.167. The minimum Gasteiger partial charge on any atom is -0.476 e. The molecule has 0 aliphatic rings. The summed E-state index contributed by atoms with van der Waals surface area (Å²) < 4.78 is 5.08. The summed E-state index contributed by atoms with van der Waals surface area (Å²) >= 11 is 3.25. The molecule has 1 aromatic heterocycles. The normalized spacial score (nSPS) is 10.6. The van der Waals surface area contributed by atoms with Crippen molar-refractivity contribution in [1.29, 1.82) is 0 Å². The first kappa shape index (κ1) is 13.0. The fourth-order valence-electron chi connectivity index (χ4n) is 1.51. The van der Waals surface area contributed by atoms with Crippen LogP contribution in [-0.2, 0) is 0 Å². The van der Waals surface area contributed by atoms with Crippen LogP contribution >= 0.6 is 23.5 Å². The van der Waals surface area contributed by atoms with Crippen LogP contribution in [0.15, 0.2) is 38.6 Å². The van der Waals surface area contributed by atoms with Crippen LogP contribution < -0.4 is 0 Å². The lowest BCUT2D eigenvalue weighted by Gasteiger charge is -2.05. The molecule has 0 unspecified atom stereocenters. The fourth-order valence-corrected chi connectivity index (χ4v) is 2.65. The van der Waals surface area contributed by atoms with E-state index in [-0.39, 0.29) is 5.69 Å². The number of benzene rings is 1. The van der Waals surface area contributed by atoms with E-state index in [1.165, 1.54) is 6.07 Å². The summed E-state index contributed by atoms with van der Waals surface area (Å²) in [6, 6.07) is 7.39. The number of aromatic carboxylic acids is 1. The number of carboxylic acids is 1. The number of carboxylic acid groups (broad SMARTS) is 1. The van der Waals surface area contributed by atoms with Crippen molar-refractivity contribution in [2.45, 2.75) is 9.79 Å². The largest absolute Gasteiger partial charge is 0.476 e. The Hall–Kier alpha value is -1.40. The van der Waals surface area contributed by atoms with E-state index in [9.17, 15) is 4.79 Å². The smallest absolute Gasteiger partial charge is 0.358 e. The molecular weight excluding hydrogens is 270 g/mol. The molecular formula is C12H11NO3S2. The number of thioether (sulfide) groups is 2. The zero-order chi connectivity index (χ0) is 13.1. The predicted molar refractivity (Wildman–Crippen MR) is 72.5 cm³/mol. The van der Waals surface area contributed by atoms with E-state index < -0.39 is 5.97 Å². The van der Waals surface area contributed by atoms with Crippen LogP contribution in [0.4, 0.5) is 0 Å². The maximum atomic E-state index is 10.8. The molecule has 0 fully saturated rings. The highest BCUT2D eigenvalue weighted by atomic mass is 32.2. The van der Waals surface area contributed by atoms with Crippen LogP contribution in [0, 0.1) is 0 Å². The molecule has 4 nitrogen and oxygen atoms in total. The van der Waals surface area contributed by atoms with Gasteiger partial charge >= 0.3 is 5.97 Å². The van der Waals surface area contributed by atoms with E-state index in [4.69, 9.17) is 9.63 Å². The molecule has 0 radical (unpaired) electrons. The third-order valence-corrected chi connectivity index (χ3v) is 3.91. The van der Waals surface area contributed by atoms with Crippen molar-refractivity contribution >= 4 is 29.5 Å². The Morgan fingerprint density at radius 2 is 2.06 bits per heavy atom. The lowest BCUT2D eigenvalue weighted by atomic mass is 10.1. The highest BCUT2D eigenvalue weighted by Gasteiger charge is 2.14. The van der Waals surface area contributed by atoms with Gasteiger partial charge < -0.3 is 9.63 Å². The second kappa shape index (κ2) is 5.49. The maximum absolute atomic E-state index is 10.8. The Bertz CT molecular complexity index is 580. The van der Waals surface area contributed by atoms with Crippen molar-refractivity contribution < 1.29 is 14.4 Å². The highest BCUT2D eigenvalue weighted by Crippen LogP contribution is 2.33. The van der Waals surface area contributed by atoms with Gasteiger partial charge in [-0.15, -0.1) is 23.5 Å². The number of nitrogens with zero attached hydrogens (tertiary/aromatic N) is 1. The molecule has 0 aliphatic carbocycles. The molecule has 1 aromatic carbocycles. The summed E-state index contributed by atoms with van der Waals surface area (Å²) in [4.78, 5) is 13.0. The molecule has 94 valence electrons. The predicted octanol–water partition coefficient (Wildman–Crippen LogP) is 3.48. The molecule has 0 saturated heterocycles. The van der Waals surface area contributed by atoms with Crippen LogP contribution in [-0.4, -0.2) is 28.7 Å². The first-order valence-corrected chi connectivity index (χ1v) is 7.53. The van der Waals surface area contributed by atoms with Gasteiger partial charge in [0.1, 0.15) is 0 Å². The van der Waals surface area contributed by atoms with Gasteiger partial charge in [-0.25, -0.2) is 4.79 Å². The van der Waals surface area contributed by atoms with Crippen LogP contribution in [0.2, 0.25) is 0 Å². The van der Waals surface area contributed by atoms with Gasteiger partial charge in [0.05, 0.1) is 0 Å². The summed E-state index contributed by atoms with van der Waals surface area (Å²) in [5, 5.41) is 12.3. The highest BCUT2D eigenvalue weighted by molar-refractivity contribution is 7.99. The lowest BCUT2D eigenvalue weighted by molar-refractivity contribution is 0.0686. The summed E-state index contributed by atoms with van der Waals surface area (Å²) in [5.41, 5.74) is 0.784. The van der Waals surface area contributed by atoms with Crippen molar-refractivity contribution in [2.75, 3.05) is 12.5 Å². The van der Waals surface area contributed by atoms with Crippen molar-refractivity contribution in [2.24, 2.45) is 0 Å². The maximum Gasteiger partial charge on any atom is 0.358 e. The molecule has 1 heterocycles. The Kier molecular flexibility index (Phi) is 3.98. The monoisotopic (exact) mass is 281 g/mol. The Balaban J connectivity index is 2.45. The number of carbonyl (C=O) groups is 1. The quantitative estimate of drug-likeness (QED) is 0.866. The van der Waals surface area contributed by atoms with Gasteiger partial charge in [0, 0.05) is 21.4 Å². The molecule has 6 heteroatoms. The van der Waals surface area contributed by atoms with Crippen LogP contribution in [0.3, 0.4) is 0 Å². The van der Waals surface area contributed by atoms with E-state index in [0.29, 0.717) is 5.76 Å². The molecule has 1 N–H and O–H groups in total. The molecule has 2 aromatic rings. The molecule has 0 aliphatic heterocycles. The summed E-state index contributed by atoms with van der Waals surface area (Å²) in [5.74, 6) is -0.610. The van der Waals surface area contributed by atoms with Crippen LogP contribution in [0.1, 0.15) is 10.5 Å². The minimum absolute atomic E-state index is 0.0778. The molecule has 0 saturated carbocycles. The minimum atomic E-state index is -1.09. The average Bonchev–Trinajstić information content (AvgIpc) is 2.87.